The van der Waals surface area contributed by atoms with Crippen molar-refractivity contribution in [3.8, 4) is 5.75 Å². The van der Waals surface area contributed by atoms with Crippen LogP contribution in [0.5, 0.6) is 5.75 Å². The minimum Gasteiger partial charge on any atom is -0.508 e. The number of phenols is 1. The van der Waals surface area contributed by atoms with E-state index in [4.69, 9.17) is 10.8 Å². The average molecular weight is 265 g/mol. The number of carboxylic acid groups (broad SMARTS) is 1. The number of hydrogen-bond donors (Lipinski definition) is 3. The average Bonchev–Trinajstić information content (AvgIpc) is 2.28. The maximum Gasteiger partial charge on any atom is 0.323 e. The third-order valence-electron chi connectivity index (χ3n) is 3.33. The van der Waals surface area contributed by atoms with Crippen molar-refractivity contribution in [2.75, 3.05) is 0 Å². The van der Waals surface area contributed by atoms with Gasteiger partial charge in [0.1, 0.15) is 11.3 Å². The molecule has 1 aromatic rings. The minimum absolute atomic E-state index is 0.267. The lowest BCUT2D eigenvalue weighted by Gasteiger charge is -2.23. The van der Waals surface area contributed by atoms with Crippen LogP contribution >= 0.6 is 0 Å². The Kier molecular flexibility index (Phi) is 5.36. The van der Waals surface area contributed by atoms with Crippen LogP contribution in [-0.2, 0) is 11.2 Å². The van der Waals surface area contributed by atoms with Gasteiger partial charge < -0.3 is 15.9 Å². The SMILES string of the molecule is CC(CCCc1cccc(O)c1)CC(C)(N)C(=O)O. The Morgan fingerprint density at radius 2 is 2.16 bits per heavy atom. The van der Waals surface area contributed by atoms with Crippen molar-refractivity contribution in [2.24, 2.45) is 11.7 Å². The van der Waals surface area contributed by atoms with Crippen LogP contribution in [0.4, 0.5) is 0 Å². The zero-order chi connectivity index (χ0) is 14.5. The second kappa shape index (κ2) is 6.57. The first-order valence-corrected chi connectivity index (χ1v) is 6.61. The molecule has 0 aliphatic carbocycles. The van der Waals surface area contributed by atoms with Crippen LogP contribution in [0.2, 0.25) is 0 Å². The topological polar surface area (TPSA) is 83.5 Å². The smallest absolute Gasteiger partial charge is 0.323 e. The molecule has 4 heteroatoms. The van der Waals surface area contributed by atoms with Gasteiger partial charge in [0.2, 0.25) is 0 Å². The van der Waals surface area contributed by atoms with Gasteiger partial charge in [0.15, 0.2) is 0 Å². The summed E-state index contributed by atoms with van der Waals surface area (Å²) >= 11 is 0. The van der Waals surface area contributed by atoms with Crippen LogP contribution in [0.3, 0.4) is 0 Å². The van der Waals surface area contributed by atoms with Crippen molar-refractivity contribution < 1.29 is 15.0 Å². The summed E-state index contributed by atoms with van der Waals surface area (Å²) in [4.78, 5) is 10.9. The molecule has 1 aromatic carbocycles. The number of nitrogens with two attached hydrogens (primary N) is 1. The molecule has 0 saturated carbocycles. The summed E-state index contributed by atoms with van der Waals surface area (Å²) in [5.41, 5.74) is 5.68. The van der Waals surface area contributed by atoms with Crippen molar-refractivity contribution in [2.45, 2.75) is 45.1 Å². The van der Waals surface area contributed by atoms with Crippen molar-refractivity contribution in [1.82, 2.24) is 0 Å². The summed E-state index contributed by atoms with van der Waals surface area (Å²) in [6, 6.07) is 7.22. The third-order valence-corrected chi connectivity index (χ3v) is 3.33. The minimum atomic E-state index is -1.15. The Morgan fingerprint density at radius 3 is 2.74 bits per heavy atom. The molecule has 0 saturated heterocycles. The Morgan fingerprint density at radius 1 is 1.47 bits per heavy atom. The molecular weight excluding hydrogens is 242 g/mol. The molecule has 2 atom stereocenters. The van der Waals surface area contributed by atoms with E-state index in [9.17, 15) is 9.90 Å². The number of aliphatic carboxylic acids is 1. The summed E-state index contributed by atoms with van der Waals surface area (Å²) in [6.45, 7) is 3.58. The number of hydrogen-bond acceptors (Lipinski definition) is 3. The normalized spacial score (nSPS) is 15.7. The summed E-state index contributed by atoms with van der Waals surface area (Å²) in [5, 5.41) is 18.3. The van der Waals surface area contributed by atoms with Gasteiger partial charge in [0.05, 0.1) is 0 Å². The molecule has 0 aliphatic rings. The van der Waals surface area contributed by atoms with Crippen LogP contribution in [0.1, 0.15) is 38.7 Å². The molecule has 4 N–H and O–H groups in total. The molecule has 4 nitrogen and oxygen atoms in total. The Labute approximate surface area is 114 Å². The van der Waals surface area contributed by atoms with Crippen LogP contribution in [0.25, 0.3) is 0 Å². The zero-order valence-electron chi connectivity index (χ0n) is 11.6. The number of aromatic hydroxyl groups is 1. The number of rotatable bonds is 7. The maximum atomic E-state index is 10.9. The van der Waals surface area contributed by atoms with E-state index in [0.29, 0.717) is 6.42 Å². The molecule has 0 spiro atoms. The number of phenolic OH excluding ortho intramolecular Hbond substituents is 1. The van der Waals surface area contributed by atoms with E-state index in [0.717, 1.165) is 24.8 Å². The van der Waals surface area contributed by atoms with Crippen LogP contribution in [0.15, 0.2) is 24.3 Å². The van der Waals surface area contributed by atoms with Gasteiger partial charge in [-0.15, -0.1) is 0 Å². The number of carbonyl (C=O) groups is 1. The number of carboxylic acids is 1. The Hall–Kier alpha value is -1.55. The highest BCUT2D eigenvalue weighted by molar-refractivity contribution is 5.77. The first-order valence-electron chi connectivity index (χ1n) is 6.61. The fourth-order valence-corrected chi connectivity index (χ4v) is 2.28. The van der Waals surface area contributed by atoms with Gasteiger partial charge in [-0.1, -0.05) is 25.5 Å². The zero-order valence-corrected chi connectivity index (χ0v) is 11.6. The molecule has 0 fully saturated rings. The molecule has 0 heterocycles. The molecule has 0 radical (unpaired) electrons. The lowest BCUT2D eigenvalue weighted by Crippen LogP contribution is -2.46. The summed E-state index contributed by atoms with van der Waals surface area (Å²) in [5.74, 6) is -0.401. The predicted octanol–water partition coefficient (Wildman–Crippen LogP) is 2.54. The monoisotopic (exact) mass is 265 g/mol. The van der Waals surface area contributed by atoms with Gasteiger partial charge in [-0.2, -0.15) is 0 Å². The summed E-state index contributed by atoms with van der Waals surface area (Å²) in [6.07, 6.45) is 3.24. The van der Waals surface area contributed by atoms with E-state index in [1.165, 1.54) is 0 Å². The second-order valence-corrected chi connectivity index (χ2v) is 5.59. The van der Waals surface area contributed by atoms with Crippen LogP contribution in [0, 0.1) is 5.92 Å². The highest BCUT2D eigenvalue weighted by Crippen LogP contribution is 2.20. The molecule has 106 valence electrons. The summed E-state index contributed by atoms with van der Waals surface area (Å²) in [7, 11) is 0. The number of benzene rings is 1. The van der Waals surface area contributed by atoms with Crippen LogP contribution < -0.4 is 5.73 Å². The Balaban J connectivity index is 2.35. The molecule has 0 bridgehead atoms. The third kappa shape index (κ3) is 5.30. The van der Waals surface area contributed by atoms with Gasteiger partial charge in [-0.3, -0.25) is 4.79 Å². The fraction of sp³-hybridized carbons (Fsp3) is 0.533. The lowest BCUT2D eigenvalue weighted by molar-refractivity contribution is -0.143. The standard InChI is InChI=1S/C15H23NO3/c1-11(10-15(2,16)14(18)19)5-3-6-12-7-4-8-13(17)9-12/h4,7-9,11,17H,3,5-6,10,16H2,1-2H3,(H,18,19). The highest BCUT2D eigenvalue weighted by Gasteiger charge is 2.29. The quantitative estimate of drug-likeness (QED) is 0.707. The van der Waals surface area contributed by atoms with Crippen molar-refractivity contribution in [1.29, 1.82) is 0 Å². The van der Waals surface area contributed by atoms with Gasteiger partial charge in [-0.25, -0.2) is 0 Å². The van der Waals surface area contributed by atoms with Crippen LogP contribution in [-0.4, -0.2) is 21.7 Å². The summed E-state index contributed by atoms with van der Waals surface area (Å²) < 4.78 is 0. The van der Waals surface area contributed by atoms with Gasteiger partial charge in [-0.05, 0) is 49.8 Å². The number of aryl methyl sites for hydroxylation is 1. The predicted molar refractivity (Wildman–Crippen MR) is 75.1 cm³/mol. The van der Waals surface area contributed by atoms with Crippen molar-refractivity contribution >= 4 is 5.97 Å². The highest BCUT2D eigenvalue weighted by atomic mass is 16.4. The first kappa shape index (κ1) is 15.5. The van der Waals surface area contributed by atoms with E-state index in [1.807, 2.05) is 19.1 Å². The lowest BCUT2D eigenvalue weighted by atomic mass is 9.87. The van der Waals surface area contributed by atoms with Gasteiger partial charge in [0, 0.05) is 0 Å². The molecule has 19 heavy (non-hydrogen) atoms. The fourth-order valence-electron chi connectivity index (χ4n) is 2.28. The molecule has 1 rings (SSSR count). The molecule has 2 unspecified atom stereocenters. The van der Waals surface area contributed by atoms with E-state index in [1.54, 1.807) is 19.1 Å². The van der Waals surface area contributed by atoms with Gasteiger partial charge in [0.25, 0.3) is 0 Å². The second-order valence-electron chi connectivity index (χ2n) is 5.59. The van der Waals surface area contributed by atoms with Gasteiger partial charge >= 0.3 is 5.97 Å². The largest absolute Gasteiger partial charge is 0.508 e. The molecule has 0 aromatic heterocycles. The van der Waals surface area contributed by atoms with E-state index in [-0.39, 0.29) is 11.7 Å². The molecule has 0 aliphatic heterocycles. The first-order chi connectivity index (χ1) is 8.81. The van der Waals surface area contributed by atoms with Crippen molar-refractivity contribution in [3.63, 3.8) is 0 Å². The van der Waals surface area contributed by atoms with E-state index >= 15 is 0 Å². The Bertz CT molecular complexity index is 429. The maximum absolute atomic E-state index is 10.9. The van der Waals surface area contributed by atoms with E-state index < -0.39 is 11.5 Å². The molecular formula is C15H23NO3. The van der Waals surface area contributed by atoms with Crippen molar-refractivity contribution in [3.05, 3.63) is 29.8 Å². The van der Waals surface area contributed by atoms with E-state index in [2.05, 4.69) is 0 Å². The molecule has 0 amide bonds.